The third kappa shape index (κ3) is 2.34. The number of rotatable bonds is 3. The summed E-state index contributed by atoms with van der Waals surface area (Å²) in [7, 11) is 0. The molecule has 0 atom stereocenters. The van der Waals surface area contributed by atoms with Gasteiger partial charge in [0.05, 0.1) is 5.69 Å². The number of amides is 1. The van der Waals surface area contributed by atoms with E-state index in [4.69, 9.17) is 5.11 Å². The quantitative estimate of drug-likeness (QED) is 0.836. The van der Waals surface area contributed by atoms with Gasteiger partial charge in [0.2, 0.25) is 5.91 Å². The highest BCUT2D eigenvalue weighted by molar-refractivity contribution is 9.10. The van der Waals surface area contributed by atoms with Crippen LogP contribution >= 0.6 is 15.9 Å². The van der Waals surface area contributed by atoms with E-state index < -0.39 is 28.9 Å². The van der Waals surface area contributed by atoms with Gasteiger partial charge in [-0.1, -0.05) is 6.42 Å². The first kappa shape index (κ1) is 13.9. The van der Waals surface area contributed by atoms with Crippen LogP contribution in [0.2, 0.25) is 0 Å². The van der Waals surface area contributed by atoms with Gasteiger partial charge < -0.3 is 10.4 Å². The Morgan fingerprint density at radius 2 is 1.95 bits per heavy atom. The van der Waals surface area contributed by atoms with Gasteiger partial charge >= 0.3 is 5.97 Å². The molecule has 102 valence electrons. The van der Waals surface area contributed by atoms with E-state index in [1.807, 2.05) is 0 Å². The maximum Gasteiger partial charge on any atom is 0.319 e. The van der Waals surface area contributed by atoms with Crippen molar-refractivity contribution in [2.24, 2.45) is 5.41 Å². The van der Waals surface area contributed by atoms with E-state index in [-0.39, 0.29) is 23.0 Å². The lowest BCUT2D eigenvalue weighted by Crippen LogP contribution is -2.48. The van der Waals surface area contributed by atoms with Crippen molar-refractivity contribution in [3.8, 4) is 0 Å². The summed E-state index contributed by atoms with van der Waals surface area (Å²) in [5.41, 5.74) is -1.75. The van der Waals surface area contributed by atoms with Gasteiger partial charge in [-0.2, -0.15) is 0 Å². The Hall–Kier alpha value is -1.50. The predicted molar refractivity (Wildman–Crippen MR) is 66.6 cm³/mol. The Morgan fingerprint density at radius 3 is 2.37 bits per heavy atom. The molecule has 0 unspecified atom stereocenters. The van der Waals surface area contributed by atoms with E-state index >= 15 is 0 Å². The van der Waals surface area contributed by atoms with Crippen molar-refractivity contribution in [2.75, 3.05) is 5.32 Å². The molecule has 1 aliphatic rings. The molecule has 0 saturated heterocycles. The Bertz CT molecular complexity index is 535. The van der Waals surface area contributed by atoms with E-state index in [1.54, 1.807) is 0 Å². The van der Waals surface area contributed by atoms with Crippen molar-refractivity contribution in [1.29, 1.82) is 0 Å². The van der Waals surface area contributed by atoms with Crippen molar-refractivity contribution < 1.29 is 23.5 Å². The van der Waals surface area contributed by atoms with E-state index in [2.05, 4.69) is 21.2 Å². The maximum absolute atomic E-state index is 13.6. The number of aliphatic carboxylic acids is 1. The molecule has 7 heteroatoms. The molecule has 0 bridgehead atoms. The van der Waals surface area contributed by atoms with Crippen molar-refractivity contribution in [3.05, 3.63) is 28.2 Å². The molecule has 1 aromatic carbocycles. The number of hydrogen-bond donors (Lipinski definition) is 2. The minimum Gasteiger partial charge on any atom is -0.480 e. The number of carbonyl (C=O) groups is 2. The zero-order valence-corrected chi connectivity index (χ0v) is 11.3. The molecule has 0 aromatic heterocycles. The Morgan fingerprint density at radius 1 is 1.32 bits per heavy atom. The number of hydrogen-bond acceptors (Lipinski definition) is 2. The van der Waals surface area contributed by atoms with Crippen LogP contribution < -0.4 is 5.32 Å². The summed E-state index contributed by atoms with van der Waals surface area (Å²) in [6.45, 7) is 0. The van der Waals surface area contributed by atoms with Crippen LogP contribution in [0.25, 0.3) is 0 Å². The Labute approximate surface area is 115 Å². The summed E-state index contributed by atoms with van der Waals surface area (Å²) < 4.78 is 26.5. The van der Waals surface area contributed by atoms with Gasteiger partial charge in [0.15, 0.2) is 5.82 Å². The van der Waals surface area contributed by atoms with Crippen molar-refractivity contribution in [3.63, 3.8) is 0 Å². The molecule has 0 spiro atoms. The monoisotopic (exact) mass is 333 g/mol. The zero-order chi connectivity index (χ0) is 14.2. The van der Waals surface area contributed by atoms with Crippen LogP contribution in [-0.4, -0.2) is 17.0 Å². The highest BCUT2D eigenvalue weighted by atomic mass is 79.9. The number of benzene rings is 1. The van der Waals surface area contributed by atoms with Crippen molar-refractivity contribution in [2.45, 2.75) is 19.3 Å². The minimum absolute atomic E-state index is 0.0261. The van der Waals surface area contributed by atoms with Crippen LogP contribution in [0.1, 0.15) is 19.3 Å². The number of nitrogens with one attached hydrogen (secondary N) is 1. The molecule has 1 saturated carbocycles. The van der Waals surface area contributed by atoms with Crippen molar-refractivity contribution >= 4 is 33.5 Å². The third-order valence-corrected chi connectivity index (χ3v) is 3.92. The fourth-order valence-corrected chi connectivity index (χ4v) is 2.47. The molecule has 0 aliphatic heterocycles. The molecular formula is C12H10BrF2NO3. The summed E-state index contributed by atoms with van der Waals surface area (Å²) in [4.78, 5) is 23.1. The smallest absolute Gasteiger partial charge is 0.319 e. The van der Waals surface area contributed by atoms with Crippen LogP contribution in [0.5, 0.6) is 0 Å². The molecular weight excluding hydrogens is 324 g/mol. The maximum atomic E-state index is 13.6. The zero-order valence-electron chi connectivity index (χ0n) is 9.67. The second kappa shape index (κ2) is 4.88. The molecule has 19 heavy (non-hydrogen) atoms. The second-order valence-corrected chi connectivity index (χ2v) is 5.29. The number of carboxylic acids is 1. The van der Waals surface area contributed by atoms with Crippen LogP contribution in [0.4, 0.5) is 14.5 Å². The Balaban J connectivity index is 2.27. The van der Waals surface area contributed by atoms with Crippen molar-refractivity contribution in [1.82, 2.24) is 0 Å². The van der Waals surface area contributed by atoms with E-state index in [1.165, 1.54) is 0 Å². The molecule has 1 aliphatic carbocycles. The summed E-state index contributed by atoms with van der Waals surface area (Å²) >= 11 is 2.93. The first-order valence-corrected chi connectivity index (χ1v) is 6.35. The average Bonchev–Trinajstić information content (AvgIpc) is 2.20. The van der Waals surface area contributed by atoms with Gasteiger partial charge in [0.25, 0.3) is 0 Å². The molecule has 2 rings (SSSR count). The second-order valence-electron chi connectivity index (χ2n) is 4.44. The number of halogens is 3. The van der Waals surface area contributed by atoms with Gasteiger partial charge in [-0.05, 0) is 34.8 Å². The van der Waals surface area contributed by atoms with Crippen LogP contribution in [-0.2, 0) is 9.59 Å². The fourth-order valence-electron chi connectivity index (χ4n) is 1.96. The number of carboxylic acid groups (broad SMARTS) is 1. The first-order chi connectivity index (χ1) is 8.86. The van der Waals surface area contributed by atoms with Gasteiger partial charge in [-0.3, -0.25) is 9.59 Å². The highest BCUT2D eigenvalue weighted by Crippen LogP contribution is 2.42. The average molecular weight is 334 g/mol. The fraction of sp³-hybridized carbons (Fsp3) is 0.333. The lowest BCUT2D eigenvalue weighted by Gasteiger charge is -2.35. The number of anilines is 1. The lowest BCUT2D eigenvalue weighted by atomic mass is 9.68. The van der Waals surface area contributed by atoms with Gasteiger partial charge in [-0.25, -0.2) is 8.78 Å². The predicted octanol–water partition coefficient (Wildman–Crippen LogP) is 2.92. The van der Waals surface area contributed by atoms with E-state index in [9.17, 15) is 18.4 Å². The van der Waals surface area contributed by atoms with E-state index in [0.29, 0.717) is 12.5 Å². The standard InChI is InChI=1S/C12H10BrF2NO3/c13-7-4-6(14)5-8(15)9(7)16-10(17)12(11(18)19)2-1-3-12/h4-5H,1-3H2,(H,16,17)(H,18,19). The normalized spacial score (nSPS) is 16.6. The molecule has 0 radical (unpaired) electrons. The Kier molecular flexibility index (Phi) is 3.58. The third-order valence-electron chi connectivity index (χ3n) is 3.30. The minimum atomic E-state index is -1.50. The van der Waals surface area contributed by atoms with Crippen LogP contribution in [0.3, 0.4) is 0 Å². The summed E-state index contributed by atoms with van der Waals surface area (Å²) in [6, 6.07) is 1.61. The molecule has 2 N–H and O–H groups in total. The molecule has 1 fully saturated rings. The molecule has 4 nitrogen and oxygen atoms in total. The summed E-state index contributed by atoms with van der Waals surface area (Å²) in [6.07, 6.45) is 1.07. The topological polar surface area (TPSA) is 66.4 Å². The first-order valence-electron chi connectivity index (χ1n) is 5.56. The van der Waals surface area contributed by atoms with E-state index in [0.717, 1.165) is 6.07 Å². The SMILES string of the molecule is O=C(O)C1(C(=O)Nc2c(F)cc(F)cc2Br)CCC1. The molecule has 0 heterocycles. The highest BCUT2D eigenvalue weighted by Gasteiger charge is 2.51. The summed E-state index contributed by atoms with van der Waals surface area (Å²) in [5, 5.41) is 11.3. The largest absolute Gasteiger partial charge is 0.480 e. The number of carbonyl (C=O) groups excluding carboxylic acids is 1. The van der Waals surface area contributed by atoms with Gasteiger partial charge in [0.1, 0.15) is 11.2 Å². The van der Waals surface area contributed by atoms with Gasteiger partial charge in [-0.15, -0.1) is 0 Å². The lowest BCUT2D eigenvalue weighted by molar-refractivity contribution is -0.159. The van der Waals surface area contributed by atoms with Crippen LogP contribution in [0.15, 0.2) is 16.6 Å². The summed E-state index contributed by atoms with van der Waals surface area (Å²) in [5.74, 6) is -3.76. The molecule has 1 aromatic rings. The van der Waals surface area contributed by atoms with Gasteiger partial charge in [0, 0.05) is 10.5 Å². The molecule has 1 amide bonds. The van der Waals surface area contributed by atoms with Crippen LogP contribution in [0, 0.1) is 17.0 Å².